The molecule has 4 rings (SSSR count). The minimum absolute atomic E-state index is 0.137. The molecule has 0 radical (unpaired) electrons. The van der Waals surface area contributed by atoms with Crippen LogP contribution in [0.15, 0.2) is 76.5 Å². The van der Waals surface area contributed by atoms with Crippen molar-refractivity contribution in [2.24, 2.45) is 7.05 Å². The lowest BCUT2D eigenvalue weighted by Crippen LogP contribution is -2.22. The lowest BCUT2D eigenvalue weighted by Gasteiger charge is -2.07. The first-order valence-corrected chi connectivity index (χ1v) is 10.6. The third-order valence-corrected chi connectivity index (χ3v) is 5.84. The topological polar surface area (TPSA) is 73.0 Å². The Morgan fingerprint density at radius 1 is 1.13 bits per heavy atom. The van der Waals surface area contributed by atoms with E-state index in [1.54, 1.807) is 30.2 Å². The summed E-state index contributed by atoms with van der Waals surface area (Å²) < 4.78 is 7.19. The van der Waals surface area contributed by atoms with Crippen LogP contribution in [-0.2, 0) is 19.3 Å². The number of hydrogen-bond acceptors (Lipinski definition) is 5. The van der Waals surface area contributed by atoms with E-state index >= 15 is 0 Å². The third kappa shape index (κ3) is 4.75. The van der Waals surface area contributed by atoms with Crippen molar-refractivity contribution in [3.05, 3.63) is 88.8 Å². The second kappa shape index (κ2) is 9.19. The Morgan fingerprint density at radius 3 is 2.73 bits per heavy atom. The van der Waals surface area contributed by atoms with Crippen molar-refractivity contribution < 1.29 is 9.21 Å². The first-order chi connectivity index (χ1) is 14.6. The second-order valence-corrected chi connectivity index (χ2v) is 8.00. The molecule has 0 aliphatic carbocycles. The van der Waals surface area contributed by atoms with E-state index in [0.29, 0.717) is 28.6 Å². The molecular weight excluding hydrogens is 420 g/mol. The Labute approximate surface area is 183 Å². The molecule has 0 bridgehead atoms. The van der Waals surface area contributed by atoms with E-state index in [0.717, 1.165) is 22.1 Å². The first-order valence-electron chi connectivity index (χ1n) is 9.28. The Hall–Kier alpha value is -3.03. The lowest BCUT2D eigenvalue weighted by atomic mass is 10.1. The quantitative estimate of drug-likeness (QED) is 0.413. The molecule has 0 saturated carbocycles. The minimum atomic E-state index is -0.137. The van der Waals surface area contributed by atoms with Crippen LogP contribution in [0.4, 0.5) is 0 Å². The van der Waals surface area contributed by atoms with Gasteiger partial charge in [-0.25, -0.2) is 0 Å². The zero-order valence-electron chi connectivity index (χ0n) is 16.2. The number of nitrogens with zero attached hydrogens (tertiary/aromatic N) is 3. The maximum absolute atomic E-state index is 12.4. The normalized spacial score (nSPS) is 10.9. The smallest absolute Gasteiger partial charge is 0.251 e. The van der Waals surface area contributed by atoms with Crippen molar-refractivity contribution in [2.45, 2.75) is 17.5 Å². The summed E-state index contributed by atoms with van der Waals surface area (Å²) in [7, 11) is 1.94. The fourth-order valence-electron chi connectivity index (χ4n) is 2.92. The first kappa shape index (κ1) is 20.3. The van der Waals surface area contributed by atoms with Crippen LogP contribution < -0.4 is 5.32 Å². The summed E-state index contributed by atoms with van der Waals surface area (Å²) in [6, 6.07) is 18.7. The number of halogens is 1. The van der Waals surface area contributed by atoms with Crippen molar-refractivity contribution in [1.82, 2.24) is 20.1 Å². The maximum Gasteiger partial charge on any atom is 0.251 e. The number of rotatable bonds is 7. The summed E-state index contributed by atoms with van der Waals surface area (Å²) in [6.07, 6.45) is 1.59. The molecule has 152 valence electrons. The van der Waals surface area contributed by atoms with Gasteiger partial charge in [0.25, 0.3) is 5.91 Å². The van der Waals surface area contributed by atoms with Gasteiger partial charge in [0.1, 0.15) is 5.76 Å². The Bertz CT molecular complexity index is 1140. The molecule has 6 nitrogen and oxygen atoms in total. The number of benzene rings is 2. The summed E-state index contributed by atoms with van der Waals surface area (Å²) in [5, 5.41) is 12.9. The van der Waals surface area contributed by atoms with Crippen LogP contribution >= 0.6 is 23.4 Å². The van der Waals surface area contributed by atoms with Crippen LogP contribution in [0.5, 0.6) is 0 Å². The number of hydrogen-bond donors (Lipinski definition) is 1. The average Bonchev–Trinajstić information content (AvgIpc) is 3.41. The van der Waals surface area contributed by atoms with Crippen LogP contribution in [0.25, 0.3) is 11.4 Å². The summed E-state index contributed by atoms with van der Waals surface area (Å²) in [5.74, 6) is 2.03. The number of nitrogens with one attached hydrogen (secondary N) is 1. The van der Waals surface area contributed by atoms with Crippen molar-refractivity contribution in [3.63, 3.8) is 0 Å². The fourth-order valence-corrected chi connectivity index (χ4v) is 3.90. The summed E-state index contributed by atoms with van der Waals surface area (Å²) in [4.78, 5) is 12.4. The van der Waals surface area contributed by atoms with E-state index in [2.05, 4.69) is 15.5 Å². The van der Waals surface area contributed by atoms with Gasteiger partial charge in [-0.2, -0.15) is 0 Å². The Morgan fingerprint density at radius 2 is 1.97 bits per heavy atom. The van der Waals surface area contributed by atoms with Gasteiger partial charge in [-0.05, 0) is 54.1 Å². The van der Waals surface area contributed by atoms with Gasteiger partial charge in [0.15, 0.2) is 11.0 Å². The van der Waals surface area contributed by atoms with Gasteiger partial charge in [0, 0.05) is 29.0 Å². The number of aromatic nitrogens is 3. The predicted octanol–water partition coefficient (Wildman–Crippen LogP) is 4.95. The molecule has 0 fully saturated rings. The molecule has 0 aliphatic heterocycles. The molecule has 2 aromatic heterocycles. The number of thioether (sulfide) groups is 1. The lowest BCUT2D eigenvalue weighted by molar-refractivity contribution is 0.0948. The molecule has 1 N–H and O–H groups in total. The SMILES string of the molecule is Cn1c(SCc2cccc(C(=O)NCc3ccco3)c2)nnc1-c1ccc(Cl)cc1. The summed E-state index contributed by atoms with van der Waals surface area (Å²) in [6.45, 7) is 0.358. The molecule has 30 heavy (non-hydrogen) atoms. The van der Waals surface area contributed by atoms with Crippen LogP contribution in [0.2, 0.25) is 5.02 Å². The van der Waals surface area contributed by atoms with Gasteiger partial charge in [-0.15, -0.1) is 10.2 Å². The second-order valence-electron chi connectivity index (χ2n) is 6.62. The molecule has 1 amide bonds. The number of amides is 1. The zero-order valence-corrected chi connectivity index (χ0v) is 17.8. The van der Waals surface area contributed by atoms with Crippen LogP contribution in [0.3, 0.4) is 0 Å². The molecule has 8 heteroatoms. The Balaban J connectivity index is 1.40. The highest BCUT2D eigenvalue weighted by Crippen LogP contribution is 2.26. The van der Waals surface area contributed by atoms with Crippen LogP contribution in [0.1, 0.15) is 21.7 Å². The molecular formula is C22H19ClN4O2S. The molecule has 2 heterocycles. The molecule has 4 aromatic rings. The zero-order chi connectivity index (χ0) is 20.9. The summed E-state index contributed by atoms with van der Waals surface area (Å²) >= 11 is 7.53. The van der Waals surface area contributed by atoms with Gasteiger partial charge in [0.2, 0.25) is 0 Å². The molecule has 0 saturated heterocycles. The van der Waals surface area contributed by atoms with E-state index in [4.69, 9.17) is 16.0 Å². The molecule has 0 aliphatic rings. The maximum atomic E-state index is 12.4. The van der Waals surface area contributed by atoms with E-state index in [1.165, 1.54) is 0 Å². The van der Waals surface area contributed by atoms with E-state index in [9.17, 15) is 4.79 Å². The van der Waals surface area contributed by atoms with Gasteiger partial charge >= 0.3 is 0 Å². The average molecular weight is 439 g/mol. The van der Waals surface area contributed by atoms with Gasteiger partial charge < -0.3 is 14.3 Å². The van der Waals surface area contributed by atoms with Crippen LogP contribution in [0, 0.1) is 0 Å². The van der Waals surface area contributed by atoms with E-state index < -0.39 is 0 Å². The monoisotopic (exact) mass is 438 g/mol. The third-order valence-electron chi connectivity index (χ3n) is 4.50. The highest BCUT2D eigenvalue weighted by atomic mass is 35.5. The largest absolute Gasteiger partial charge is 0.467 e. The van der Waals surface area contributed by atoms with E-state index in [1.807, 2.05) is 60.1 Å². The van der Waals surface area contributed by atoms with E-state index in [-0.39, 0.29) is 5.91 Å². The molecule has 0 atom stereocenters. The van der Waals surface area contributed by atoms with Crippen LogP contribution in [-0.4, -0.2) is 20.7 Å². The highest BCUT2D eigenvalue weighted by Gasteiger charge is 2.12. The fraction of sp³-hybridized carbons (Fsp3) is 0.136. The van der Waals surface area contributed by atoms with Crippen molar-refractivity contribution >= 4 is 29.3 Å². The minimum Gasteiger partial charge on any atom is -0.467 e. The predicted molar refractivity (Wildman–Crippen MR) is 117 cm³/mol. The molecule has 2 aromatic carbocycles. The van der Waals surface area contributed by atoms with Crippen molar-refractivity contribution in [1.29, 1.82) is 0 Å². The number of carbonyl (C=O) groups excluding carboxylic acids is 1. The summed E-state index contributed by atoms with van der Waals surface area (Å²) in [5.41, 5.74) is 2.60. The standard InChI is InChI=1S/C22H19ClN4O2S/c1-27-20(16-7-9-18(23)10-8-16)25-26-22(27)30-14-15-4-2-5-17(12-15)21(28)24-13-19-6-3-11-29-19/h2-12H,13-14H2,1H3,(H,24,28). The van der Waals surface area contributed by atoms with Crippen molar-refractivity contribution in [2.75, 3.05) is 0 Å². The number of carbonyl (C=O) groups is 1. The number of furan rings is 1. The van der Waals surface area contributed by atoms with Gasteiger partial charge in [0.05, 0.1) is 12.8 Å². The van der Waals surface area contributed by atoms with Gasteiger partial charge in [-0.1, -0.05) is 35.5 Å². The van der Waals surface area contributed by atoms with Gasteiger partial charge in [-0.3, -0.25) is 4.79 Å². The van der Waals surface area contributed by atoms with Crippen molar-refractivity contribution in [3.8, 4) is 11.4 Å². The highest BCUT2D eigenvalue weighted by molar-refractivity contribution is 7.98. The Kier molecular flexibility index (Phi) is 6.21. The molecule has 0 unspecified atom stereocenters. The molecule has 0 spiro atoms.